The summed E-state index contributed by atoms with van der Waals surface area (Å²) in [6.07, 6.45) is 0. The fraction of sp³-hybridized carbons (Fsp3) is 0.125. The molecule has 162 valence electrons. The second-order valence-corrected chi connectivity index (χ2v) is 8.99. The molecule has 0 spiro atoms. The predicted octanol–water partition coefficient (Wildman–Crippen LogP) is 4.56. The van der Waals surface area contributed by atoms with E-state index in [0.29, 0.717) is 21.3 Å². The first-order valence-corrected chi connectivity index (χ1v) is 11.0. The Hall–Kier alpha value is -3.36. The highest BCUT2D eigenvalue weighted by Gasteiger charge is 2.25. The van der Waals surface area contributed by atoms with Crippen LogP contribution in [0.2, 0.25) is 0 Å². The molecular formula is C24H20N2O4S2. The van der Waals surface area contributed by atoms with Gasteiger partial charge in [-0.25, -0.2) is 4.79 Å². The molecule has 8 heteroatoms. The monoisotopic (exact) mass is 464 g/mol. The van der Waals surface area contributed by atoms with E-state index >= 15 is 0 Å². The van der Waals surface area contributed by atoms with Crippen LogP contribution in [0.25, 0.3) is 27.9 Å². The van der Waals surface area contributed by atoms with Gasteiger partial charge in [0.2, 0.25) is 0 Å². The minimum atomic E-state index is -0.747. The van der Waals surface area contributed by atoms with Crippen LogP contribution in [0.5, 0.6) is 5.75 Å². The van der Waals surface area contributed by atoms with Gasteiger partial charge in [0.05, 0.1) is 5.69 Å². The minimum Gasteiger partial charge on any atom is -0.505 e. The largest absolute Gasteiger partial charge is 0.505 e. The molecule has 0 radical (unpaired) electrons. The molecule has 4 aromatic rings. The molecule has 0 saturated carbocycles. The molecular weight excluding hydrogens is 444 g/mol. The third-order valence-corrected chi connectivity index (χ3v) is 6.73. The number of para-hydroxylation sites is 1. The van der Waals surface area contributed by atoms with Gasteiger partial charge in [-0.05, 0) is 36.4 Å². The SMILES string of the molecule is Cc1c(-c2ccccc2)n(-c2ccccc2)c(=O)c2c(O)c(SC(=S)N(C)C)c(=O)oc12. The first kappa shape index (κ1) is 21.9. The summed E-state index contributed by atoms with van der Waals surface area (Å²) in [7, 11) is 3.46. The lowest BCUT2D eigenvalue weighted by molar-refractivity contribution is 0.446. The number of rotatable bonds is 3. The van der Waals surface area contributed by atoms with Gasteiger partial charge in [0.25, 0.3) is 5.56 Å². The van der Waals surface area contributed by atoms with Gasteiger partial charge >= 0.3 is 5.63 Å². The zero-order valence-electron chi connectivity index (χ0n) is 17.7. The number of hydrogen-bond donors (Lipinski definition) is 1. The maximum Gasteiger partial charge on any atom is 0.354 e. The lowest BCUT2D eigenvalue weighted by atomic mass is 10.0. The number of aryl methyl sites for hydroxylation is 1. The number of aromatic nitrogens is 1. The second kappa shape index (κ2) is 8.64. The highest BCUT2D eigenvalue weighted by atomic mass is 32.2. The lowest BCUT2D eigenvalue weighted by Gasteiger charge is -2.19. The van der Waals surface area contributed by atoms with Gasteiger partial charge in [0.1, 0.15) is 14.6 Å². The molecule has 0 amide bonds. The van der Waals surface area contributed by atoms with Crippen LogP contribution in [-0.2, 0) is 0 Å². The summed E-state index contributed by atoms with van der Waals surface area (Å²) in [6.45, 7) is 1.77. The Morgan fingerprint density at radius 2 is 1.62 bits per heavy atom. The number of nitrogens with zero attached hydrogens (tertiary/aromatic N) is 2. The number of benzene rings is 2. The average molecular weight is 465 g/mol. The first-order valence-electron chi connectivity index (χ1n) is 9.76. The van der Waals surface area contributed by atoms with E-state index in [1.165, 1.54) is 4.57 Å². The summed E-state index contributed by atoms with van der Waals surface area (Å²) in [5.74, 6) is -0.428. The minimum absolute atomic E-state index is 0.0589. The molecule has 0 aliphatic carbocycles. The van der Waals surface area contributed by atoms with Gasteiger partial charge in [-0.3, -0.25) is 9.36 Å². The fourth-order valence-electron chi connectivity index (χ4n) is 3.49. The Labute approximate surface area is 193 Å². The molecule has 2 aromatic heterocycles. The number of pyridine rings is 1. The van der Waals surface area contributed by atoms with Crippen LogP contribution in [0.4, 0.5) is 0 Å². The van der Waals surface area contributed by atoms with E-state index in [1.807, 2.05) is 60.7 Å². The van der Waals surface area contributed by atoms with Crippen molar-refractivity contribution in [1.82, 2.24) is 9.47 Å². The maximum absolute atomic E-state index is 13.8. The highest BCUT2D eigenvalue weighted by molar-refractivity contribution is 8.23. The molecule has 2 aromatic carbocycles. The van der Waals surface area contributed by atoms with Gasteiger partial charge in [-0.1, -0.05) is 60.7 Å². The zero-order valence-corrected chi connectivity index (χ0v) is 19.3. The number of hydrogen-bond acceptors (Lipinski definition) is 6. The Morgan fingerprint density at radius 1 is 1.03 bits per heavy atom. The third kappa shape index (κ3) is 3.72. The normalized spacial score (nSPS) is 11.0. The van der Waals surface area contributed by atoms with E-state index < -0.39 is 16.9 Å². The molecule has 0 atom stereocenters. The van der Waals surface area contributed by atoms with Crippen LogP contribution in [0, 0.1) is 6.92 Å². The van der Waals surface area contributed by atoms with Crippen molar-refractivity contribution in [1.29, 1.82) is 0 Å². The quantitative estimate of drug-likeness (QED) is 0.352. The van der Waals surface area contributed by atoms with Crippen LogP contribution in [0.3, 0.4) is 0 Å². The molecule has 0 bridgehead atoms. The number of fused-ring (bicyclic) bond motifs is 1. The first-order chi connectivity index (χ1) is 15.3. The van der Waals surface area contributed by atoms with E-state index in [9.17, 15) is 14.7 Å². The molecule has 0 saturated heterocycles. The van der Waals surface area contributed by atoms with Crippen LogP contribution in [-0.4, -0.2) is 33.0 Å². The summed E-state index contributed by atoms with van der Waals surface area (Å²) >= 11 is 6.15. The zero-order chi connectivity index (χ0) is 23.0. The van der Waals surface area contributed by atoms with Gasteiger partial charge in [0, 0.05) is 25.3 Å². The Bertz CT molecular complexity index is 1440. The van der Waals surface area contributed by atoms with Crippen LogP contribution < -0.4 is 11.2 Å². The summed E-state index contributed by atoms with van der Waals surface area (Å²) in [4.78, 5) is 28.0. The van der Waals surface area contributed by atoms with Gasteiger partial charge in [-0.2, -0.15) is 0 Å². The maximum atomic E-state index is 13.8. The van der Waals surface area contributed by atoms with Crippen molar-refractivity contribution in [3.8, 4) is 22.7 Å². The Kier molecular flexibility index (Phi) is 5.90. The van der Waals surface area contributed by atoms with Gasteiger partial charge in [0.15, 0.2) is 11.3 Å². The average Bonchev–Trinajstić information content (AvgIpc) is 2.79. The third-order valence-electron chi connectivity index (χ3n) is 5.01. The van der Waals surface area contributed by atoms with E-state index in [0.717, 1.165) is 17.3 Å². The Balaban J connectivity index is 2.15. The Morgan fingerprint density at radius 3 is 2.22 bits per heavy atom. The van der Waals surface area contributed by atoms with E-state index in [-0.39, 0.29) is 15.9 Å². The molecule has 6 nitrogen and oxygen atoms in total. The van der Waals surface area contributed by atoms with Crippen molar-refractivity contribution in [2.24, 2.45) is 0 Å². The number of thiocarbonyl (C=S) groups is 1. The van der Waals surface area contributed by atoms with Crippen molar-refractivity contribution in [3.05, 3.63) is 87.0 Å². The topological polar surface area (TPSA) is 75.7 Å². The van der Waals surface area contributed by atoms with Crippen molar-refractivity contribution < 1.29 is 9.52 Å². The fourth-order valence-corrected chi connectivity index (χ4v) is 4.42. The molecule has 32 heavy (non-hydrogen) atoms. The summed E-state index contributed by atoms with van der Waals surface area (Å²) in [6, 6.07) is 18.5. The molecule has 0 fully saturated rings. The molecule has 1 N–H and O–H groups in total. The van der Waals surface area contributed by atoms with E-state index in [1.54, 1.807) is 25.9 Å². The number of thioether (sulfide) groups is 1. The van der Waals surface area contributed by atoms with E-state index in [4.69, 9.17) is 16.6 Å². The molecule has 4 rings (SSSR count). The standard InChI is InChI=1S/C24H20N2O4S2/c1-14-18(15-10-6-4-7-11-15)26(16-12-8-5-9-13-16)22(28)17-19(27)21(23(29)30-20(14)17)32-24(31)25(2)3/h4-13,27H,1-3H3. The predicted molar refractivity (Wildman–Crippen MR) is 132 cm³/mol. The molecule has 2 heterocycles. The lowest BCUT2D eigenvalue weighted by Crippen LogP contribution is -2.23. The molecule has 0 aliphatic heterocycles. The van der Waals surface area contributed by atoms with Crippen molar-refractivity contribution in [2.45, 2.75) is 11.8 Å². The van der Waals surface area contributed by atoms with Gasteiger partial charge < -0.3 is 14.4 Å². The molecule has 0 unspecified atom stereocenters. The summed E-state index contributed by atoms with van der Waals surface area (Å²) in [5, 5.41) is 11.0. The van der Waals surface area contributed by atoms with Crippen molar-refractivity contribution in [2.75, 3.05) is 14.1 Å². The van der Waals surface area contributed by atoms with Crippen LogP contribution in [0.15, 0.2) is 79.6 Å². The second-order valence-electron chi connectivity index (χ2n) is 7.35. The van der Waals surface area contributed by atoms with Gasteiger partial charge in [-0.15, -0.1) is 0 Å². The van der Waals surface area contributed by atoms with Crippen LogP contribution >= 0.6 is 24.0 Å². The smallest absolute Gasteiger partial charge is 0.354 e. The summed E-state index contributed by atoms with van der Waals surface area (Å²) < 4.78 is 7.48. The number of aromatic hydroxyl groups is 1. The van der Waals surface area contributed by atoms with Crippen LogP contribution in [0.1, 0.15) is 5.56 Å². The van der Waals surface area contributed by atoms with Crippen molar-refractivity contribution >= 4 is 39.3 Å². The summed E-state index contributed by atoms with van der Waals surface area (Å²) in [5.41, 5.74) is 1.38. The molecule has 0 aliphatic rings. The van der Waals surface area contributed by atoms with Crippen molar-refractivity contribution in [3.63, 3.8) is 0 Å². The van der Waals surface area contributed by atoms with E-state index in [2.05, 4.69) is 0 Å². The highest BCUT2D eigenvalue weighted by Crippen LogP contribution is 2.36.